The quantitative estimate of drug-likeness (QED) is 0.460. The van der Waals surface area contributed by atoms with Crippen molar-refractivity contribution >= 4 is 17.6 Å². The third kappa shape index (κ3) is 3.36. The molecular weight excluding hydrogens is 402 g/mol. The normalized spacial score (nSPS) is 14.8. The van der Waals surface area contributed by atoms with E-state index in [1.165, 1.54) is 7.11 Å². The first kappa shape index (κ1) is 19.8. The predicted molar refractivity (Wildman–Crippen MR) is 122 cm³/mol. The number of para-hydroxylation sites is 1. The van der Waals surface area contributed by atoms with Crippen LogP contribution in [0.15, 0.2) is 91.1 Å². The van der Waals surface area contributed by atoms with Gasteiger partial charge in [-0.1, -0.05) is 54.6 Å². The topological polar surface area (TPSA) is 64.4 Å². The standard InChI is InChI=1S/C26H21N3O3/c1-32-26(31)24-17-19-10-5-6-13-22(19)28(24)25(30)20-11-7-12-21(16-20)29-23(14-15-27-29)18-8-3-2-4-9-18/h2-16,24H,17H2,1H3. The Morgan fingerprint density at radius 1 is 0.938 bits per heavy atom. The SMILES string of the molecule is COC(=O)C1Cc2ccccc2N1C(=O)c1cccc(-n2nccc2-c2ccccc2)c1. The van der Waals surface area contributed by atoms with Crippen molar-refractivity contribution in [3.05, 3.63) is 102 Å². The van der Waals surface area contributed by atoms with E-state index in [2.05, 4.69) is 5.10 Å². The molecule has 1 aromatic heterocycles. The van der Waals surface area contributed by atoms with Gasteiger partial charge in [-0.15, -0.1) is 0 Å². The molecule has 1 aliphatic rings. The van der Waals surface area contributed by atoms with E-state index < -0.39 is 12.0 Å². The van der Waals surface area contributed by atoms with Gasteiger partial charge in [-0.2, -0.15) is 5.10 Å². The van der Waals surface area contributed by atoms with E-state index in [9.17, 15) is 9.59 Å². The first-order chi connectivity index (χ1) is 15.7. The molecule has 1 atom stereocenters. The molecule has 0 saturated carbocycles. The van der Waals surface area contributed by atoms with Gasteiger partial charge in [0.1, 0.15) is 6.04 Å². The molecule has 158 valence electrons. The summed E-state index contributed by atoms with van der Waals surface area (Å²) in [5.74, 6) is -0.676. The van der Waals surface area contributed by atoms with Gasteiger partial charge >= 0.3 is 5.97 Å². The van der Waals surface area contributed by atoms with Crippen LogP contribution in [0.25, 0.3) is 16.9 Å². The van der Waals surface area contributed by atoms with E-state index in [1.54, 1.807) is 23.2 Å². The minimum absolute atomic E-state index is 0.249. The summed E-state index contributed by atoms with van der Waals surface area (Å²) in [5.41, 5.74) is 4.88. The highest BCUT2D eigenvalue weighted by atomic mass is 16.5. The van der Waals surface area contributed by atoms with Crippen LogP contribution in [0.3, 0.4) is 0 Å². The second-order valence-electron chi connectivity index (χ2n) is 7.59. The molecule has 1 unspecified atom stereocenters. The summed E-state index contributed by atoms with van der Waals surface area (Å²) in [4.78, 5) is 27.6. The van der Waals surface area contributed by atoms with Crippen molar-refractivity contribution < 1.29 is 14.3 Å². The van der Waals surface area contributed by atoms with Crippen LogP contribution < -0.4 is 4.90 Å². The Morgan fingerprint density at radius 3 is 2.53 bits per heavy atom. The summed E-state index contributed by atoms with van der Waals surface area (Å²) < 4.78 is 6.79. The van der Waals surface area contributed by atoms with Crippen LogP contribution in [0.4, 0.5) is 5.69 Å². The number of esters is 1. The third-order valence-corrected chi connectivity index (χ3v) is 5.72. The highest BCUT2D eigenvalue weighted by molar-refractivity contribution is 6.11. The van der Waals surface area contributed by atoms with Crippen LogP contribution in [0.1, 0.15) is 15.9 Å². The van der Waals surface area contributed by atoms with E-state index >= 15 is 0 Å². The molecule has 0 N–H and O–H groups in total. The number of nitrogens with zero attached hydrogens (tertiary/aromatic N) is 3. The fourth-order valence-electron chi connectivity index (χ4n) is 4.21. The van der Waals surface area contributed by atoms with Gasteiger partial charge in [-0.05, 0) is 35.9 Å². The predicted octanol–water partition coefficient (Wildman–Crippen LogP) is 4.28. The molecule has 0 fully saturated rings. The zero-order valence-corrected chi connectivity index (χ0v) is 17.5. The Bertz CT molecular complexity index is 1300. The van der Waals surface area contributed by atoms with Crippen molar-refractivity contribution in [2.75, 3.05) is 12.0 Å². The van der Waals surface area contributed by atoms with Gasteiger partial charge in [-0.3, -0.25) is 9.69 Å². The maximum absolute atomic E-state index is 13.6. The molecule has 5 rings (SSSR count). The number of methoxy groups -OCH3 is 1. The van der Waals surface area contributed by atoms with Crippen LogP contribution in [-0.2, 0) is 16.0 Å². The Kier molecular flexibility index (Phi) is 5.03. The van der Waals surface area contributed by atoms with Crippen LogP contribution in [0, 0.1) is 0 Å². The van der Waals surface area contributed by atoms with Crippen LogP contribution in [-0.4, -0.2) is 34.8 Å². The minimum Gasteiger partial charge on any atom is -0.467 e. The molecule has 32 heavy (non-hydrogen) atoms. The molecule has 0 saturated heterocycles. The average molecular weight is 423 g/mol. The third-order valence-electron chi connectivity index (χ3n) is 5.72. The van der Waals surface area contributed by atoms with Crippen LogP contribution in [0.2, 0.25) is 0 Å². The highest BCUT2D eigenvalue weighted by Crippen LogP contribution is 2.34. The molecule has 6 heteroatoms. The van der Waals surface area contributed by atoms with Crippen molar-refractivity contribution in [2.24, 2.45) is 0 Å². The highest BCUT2D eigenvalue weighted by Gasteiger charge is 2.39. The molecule has 3 aromatic carbocycles. The van der Waals surface area contributed by atoms with E-state index in [4.69, 9.17) is 4.74 Å². The van der Waals surface area contributed by atoms with E-state index in [-0.39, 0.29) is 5.91 Å². The number of amides is 1. The zero-order valence-electron chi connectivity index (χ0n) is 17.5. The molecule has 4 aromatic rings. The number of hydrogen-bond acceptors (Lipinski definition) is 4. The lowest BCUT2D eigenvalue weighted by molar-refractivity contribution is -0.141. The lowest BCUT2D eigenvalue weighted by atomic mass is 10.1. The van der Waals surface area contributed by atoms with E-state index in [0.29, 0.717) is 12.0 Å². The molecule has 0 spiro atoms. The summed E-state index contributed by atoms with van der Waals surface area (Å²) in [6, 6.07) is 26.1. The number of rotatable bonds is 4. The Hall–Kier alpha value is -4.19. The smallest absolute Gasteiger partial charge is 0.329 e. The van der Waals surface area contributed by atoms with Gasteiger partial charge < -0.3 is 4.74 Å². The van der Waals surface area contributed by atoms with Gasteiger partial charge in [0.15, 0.2) is 0 Å². The Balaban J connectivity index is 1.54. The second-order valence-corrected chi connectivity index (χ2v) is 7.59. The van der Waals surface area contributed by atoms with E-state index in [1.807, 2.05) is 77.5 Å². The van der Waals surface area contributed by atoms with Crippen molar-refractivity contribution in [2.45, 2.75) is 12.5 Å². The average Bonchev–Trinajstić information content (AvgIpc) is 3.49. The molecule has 0 bridgehead atoms. The fourth-order valence-corrected chi connectivity index (χ4v) is 4.21. The monoisotopic (exact) mass is 423 g/mol. The van der Waals surface area contributed by atoms with Crippen molar-refractivity contribution in [3.8, 4) is 16.9 Å². The molecule has 2 heterocycles. The van der Waals surface area contributed by atoms with Crippen LogP contribution in [0.5, 0.6) is 0 Å². The number of fused-ring (bicyclic) bond motifs is 1. The maximum Gasteiger partial charge on any atom is 0.329 e. The summed E-state index contributed by atoms with van der Waals surface area (Å²) >= 11 is 0. The van der Waals surface area contributed by atoms with Gasteiger partial charge in [0, 0.05) is 23.2 Å². The number of hydrogen-bond donors (Lipinski definition) is 0. The van der Waals surface area contributed by atoms with Crippen molar-refractivity contribution in [3.63, 3.8) is 0 Å². The van der Waals surface area contributed by atoms with Gasteiger partial charge in [0.05, 0.1) is 24.7 Å². The van der Waals surface area contributed by atoms with Gasteiger partial charge in [-0.25, -0.2) is 9.48 Å². The summed E-state index contributed by atoms with van der Waals surface area (Å²) in [6.45, 7) is 0. The number of aromatic nitrogens is 2. The van der Waals surface area contributed by atoms with E-state index in [0.717, 1.165) is 28.2 Å². The van der Waals surface area contributed by atoms with Gasteiger partial charge in [0.25, 0.3) is 5.91 Å². The molecule has 1 amide bonds. The number of ether oxygens (including phenoxy) is 1. The molecular formula is C26H21N3O3. The zero-order chi connectivity index (χ0) is 22.1. The largest absolute Gasteiger partial charge is 0.467 e. The lowest BCUT2D eigenvalue weighted by Gasteiger charge is -2.24. The fraction of sp³-hybridized carbons (Fsp3) is 0.115. The van der Waals surface area contributed by atoms with Gasteiger partial charge in [0.2, 0.25) is 0 Å². The minimum atomic E-state index is -0.682. The number of benzene rings is 3. The van der Waals surface area contributed by atoms with Crippen molar-refractivity contribution in [1.29, 1.82) is 0 Å². The first-order valence-electron chi connectivity index (χ1n) is 10.4. The molecule has 0 radical (unpaired) electrons. The number of carbonyl (C=O) groups excluding carboxylic acids is 2. The molecule has 1 aliphatic heterocycles. The second kappa shape index (κ2) is 8.15. The summed E-state index contributed by atoms with van der Waals surface area (Å²) in [5, 5.41) is 4.47. The lowest BCUT2D eigenvalue weighted by Crippen LogP contribution is -2.43. The Morgan fingerprint density at radius 2 is 1.72 bits per heavy atom. The maximum atomic E-state index is 13.6. The van der Waals surface area contributed by atoms with Crippen molar-refractivity contribution in [1.82, 2.24) is 9.78 Å². The summed E-state index contributed by atoms with van der Waals surface area (Å²) in [6.07, 6.45) is 2.17. The Labute approximate surface area is 185 Å². The summed E-state index contributed by atoms with van der Waals surface area (Å²) in [7, 11) is 1.34. The number of anilines is 1. The van der Waals surface area contributed by atoms with Crippen LogP contribution >= 0.6 is 0 Å². The molecule has 6 nitrogen and oxygen atoms in total. The first-order valence-corrected chi connectivity index (χ1v) is 10.4. The molecule has 0 aliphatic carbocycles. The number of carbonyl (C=O) groups is 2.